The van der Waals surface area contributed by atoms with E-state index in [4.69, 9.17) is 4.98 Å². The van der Waals surface area contributed by atoms with Gasteiger partial charge in [0, 0.05) is 12.1 Å². The molecule has 0 N–H and O–H groups in total. The monoisotopic (exact) mass is 462 g/mol. The highest BCUT2D eigenvalue weighted by molar-refractivity contribution is 6.13. The second kappa shape index (κ2) is 11.5. The highest BCUT2D eigenvalue weighted by Crippen LogP contribution is 2.36. The fourth-order valence-corrected chi connectivity index (χ4v) is 5.50. The van der Waals surface area contributed by atoms with Crippen LogP contribution in [0.2, 0.25) is 0 Å². The topological polar surface area (TPSA) is 17.8 Å². The predicted octanol–water partition coefficient (Wildman–Crippen LogP) is 9.93. The van der Waals surface area contributed by atoms with Crippen molar-refractivity contribution in [3.05, 3.63) is 78.9 Å². The van der Waals surface area contributed by atoms with Gasteiger partial charge in [-0.05, 0) is 46.2 Å². The van der Waals surface area contributed by atoms with Crippen molar-refractivity contribution >= 4 is 32.6 Å². The van der Waals surface area contributed by atoms with Crippen LogP contribution in [0.4, 0.5) is 0 Å². The van der Waals surface area contributed by atoms with E-state index in [1.807, 2.05) is 0 Å². The molecule has 35 heavy (non-hydrogen) atoms. The molecule has 0 saturated carbocycles. The second-order valence-electron chi connectivity index (χ2n) is 9.95. The van der Waals surface area contributed by atoms with Crippen molar-refractivity contribution in [2.75, 3.05) is 0 Å². The molecule has 0 amide bonds. The Kier molecular flexibility index (Phi) is 7.78. The molecule has 0 saturated heterocycles. The van der Waals surface area contributed by atoms with Gasteiger partial charge in [0.15, 0.2) is 0 Å². The molecule has 0 aliphatic carbocycles. The fourth-order valence-electron chi connectivity index (χ4n) is 5.50. The van der Waals surface area contributed by atoms with E-state index in [9.17, 15) is 0 Å². The summed E-state index contributed by atoms with van der Waals surface area (Å²) in [6.07, 6.45) is 13.6. The first-order valence-electron chi connectivity index (χ1n) is 13.7. The first kappa shape index (κ1) is 23.6. The van der Waals surface area contributed by atoms with Crippen LogP contribution in [0.25, 0.3) is 44.0 Å². The van der Waals surface area contributed by atoms with E-state index in [1.165, 1.54) is 96.8 Å². The van der Waals surface area contributed by atoms with E-state index in [0.29, 0.717) is 0 Å². The minimum absolute atomic E-state index is 1.02. The van der Waals surface area contributed by atoms with Crippen LogP contribution >= 0.6 is 0 Å². The molecule has 0 aliphatic rings. The van der Waals surface area contributed by atoms with Gasteiger partial charge in [0.2, 0.25) is 0 Å². The number of aryl methyl sites for hydroxylation is 1. The third-order valence-electron chi connectivity index (χ3n) is 7.40. The summed E-state index contributed by atoms with van der Waals surface area (Å²) in [5.41, 5.74) is 3.57. The average Bonchev–Trinajstić information content (AvgIpc) is 3.27. The van der Waals surface area contributed by atoms with Gasteiger partial charge in [-0.2, -0.15) is 0 Å². The van der Waals surface area contributed by atoms with Gasteiger partial charge in [0.25, 0.3) is 0 Å². The number of benzene rings is 4. The number of aromatic nitrogens is 2. The minimum Gasteiger partial charge on any atom is -0.324 e. The van der Waals surface area contributed by atoms with Crippen molar-refractivity contribution in [3.8, 4) is 11.4 Å². The molecule has 0 unspecified atom stereocenters. The number of imidazole rings is 1. The quantitative estimate of drug-likeness (QED) is 0.133. The zero-order valence-corrected chi connectivity index (χ0v) is 21.2. The van der Waals surface area contributed by atoms with Crippen molar-refractivity contribution in [1.82, 2.24) is 9.55 Å². The number of hydrogen-bond acceptors (Lipinski definition) is 1. The van der Waals surface area contributed by atoms with Crippen LogP contribution in [-0.4, -0.2) is 9.55 Å². The van der Waals surface area contributed by atoms with Gasteiger partial charge in [0.1, 0.15) is 5.82 Å². The van der Waals surface area contributed by atoms with Gasteiger partial charge in [-0.15, -0.1) is 0 Å². The summed E-state index contributed by atoms with van der Waals surface area (Å²) in [7, 11) is 0. The van der Waals surface area contributed by atoms with E-state index < -0.39 is 0 Å². The predicted molar refractivity (Wildman–Crippen MR) is 152 cm³/mol. The third-order valence-corrected chi connectivity index (χ3v) is 7.40. The Morgan fingerprint density at radius 1 is 0.600 bits per heavy atom. The maximum Gasteiger partial charge on any atom is 0.141 e. The molecular weight excluding hydrogens is 424 g/mol. The molecular formula is C33H38N2. The van der Waals surface area contributed by atoms with E-state index >= 15 is 0 Å². The smallest absolute Gasteiger partial charge is 0.141 e. The number of nitrogens with zero attached hydrogens (tertiary/aromatic N) is 2. The normalized spacial score (nSPS) is 11.7. The molecule has 0 aliphatic heterocycles. The number of rotatable bonds is 12. The summed E-state index contributed by atoms with van der Waals surface area (Å²) in [5, 5.41) is 5.17. The zero-order chi connectivity index (χ0) is 23.9. The first-order valence-corrected chi connectivity index (χ1v) is 13.7. The molecule has 5 aromatic rings. The number of fused-ring (bicyclic) bond motifs is 4. The van der Waals surface area contributed by atoms with Gasteiger partial charge < -0.3 is 4.57 Å². The van der Waals surface area contributed by atoms with Gasteiger partial charge in [-0.25, -0.2) is 4.98 Å². The maximum absolute atomic E-state index is 5.17. The number of unbranched alkanes of at least 4 members (excludes halogenated alkanes) is 9. The lowest BCUT2D eigenvalue weighted by Gasteiger charge is -2.13. The van der Waals surface area contributed by atoms with Crippen molar-refractivity contribution in [2.24, 2.45) is 0 Å². The minimum atomic E-state index is 1.02. The first-order chi connectivity index (χ1) is 17.4. The molecule has 0 fully saturated rings. The third kappa shape index (κ3) is 5.27. The van der Waals surface area contributed by atoms with E-state index in [0.717, 1.165) is 17.9 Å². The lowest BCUT2D eigenvalue weighted by Crippen LogP contribution is -2.01. The highest BCUT2D eigenvalue weighted by atomic mass is 15.1. The van der Waals surface area contributed by atoms with Gasteiger partial charge in [-0.3, -0.25) is 0 Å². The van der Waals surface area contributed by atoms with Crippen LogP contribution in [0.1, 0.15) is 71.1 Å². The number of para-hydroxylation sites is 2. The Balaban J connectivity index is 1.38. The Hall–Kier alpha value is -3.13. The Bertz CT molecular complexity index is 1390. The van der Waals surface area contributed by atoms with Crippen molar-refractivity contribution in [1.29, 1.82) is 0 Å². The lowest BCUT2D eigenvalue weighted by atomic mass is 9.97. The van der Waals surface area contributed by atoms with E-state index in [1.54, 1.807) is 0 Å². The molecule has 0 atom stereocenters. The van der Waals surface area contributed by atoms with E-state index in [2.05, 4.69) is 90.4 Å². The molecule has 4 aromatic carbocycles. The summed E-state index contributed by atoms with van der Waals surface area (Å²) in [5.74, 6) is 1.10. The van der Waals surface area contributed by atoms with Gasteiger partial charge in [-0.1, -0.05) is 125 Å². The second-order valence-corrected chi connectivity index (χ2v) is 9.95. The summed E-state index contributed by atoms with van der Waals surface area (Å²) >= 11 is 0. The summed E-state index contributed by atoms with van der Waals surface area (Å²) in [4.78, 5) is 5.17. The van der Waals surface area contributed by atoms with Gasteiger partial charge >= 0.3 is 0 Å². The van der Waals surface area contributed by atoms with Crippen LogP contribution in [0, 0.1) is 0 Å². The van der Waals surface area contributed by atoms with Crippen LogP contribution in [-0.2, 0) is 6.54 Å². The standard InChI is InChI=1S/C33H38N2/c1-2-3-4-5-6-7-8-9-10-17-24-35-32-23-16-15-22-31(32)34-33(35)30-25-26-18-11-12-19-27(26)28-20-13-14-21-29(28)30/h11-16,18-23,25H,2-10,17,24H2,1H3. The molecule has 0 spiro atoms. The summed E-state index contributed by atoms with van der Waals surface area (Å²) in [6, 6.07) is 28.5. The average molecular weight is 463 g/mol. The zero-order valence-electron chi connectivity index (χ0n) is 21.2. The van der Waals surface area contributed by atoms with Gasteiger partial charge in [0.05, 0.1) is 11.0 Å². The molecule has 5 rings (SSSR count). The molecule has 1 aromatic heterocycles. The Morgan fingerprint density at radius 3 is 1.97 bits per heavy atom. The largest absolute Gasteiger partial charge is 0.324 e. The molecule has 0 radical (unpaired) electrons. The molecule has 2 heteroatoms. The molecule has 0 bridgehead atoms. The SMILES string of the molecule is CCCCCCCCCCCCn1c(-c2cc3ccccc3c3ccccc23)nc2ccccc21. The lowest BCUT2D eigenvalue weighted by molar-refractivity contribution is 0.539. The van der Waals surface area contributed by atoms with Crippen molar-refractivity contribution < 1.29 is 0 Å². The number of hydrogen-bond donors (Lipinski definition) is 0. The van der Waals surface area contributed by atoms with Crippen LogP contribution in [0.5, 0.6) is 0 Å². The van der Waals surface area contributed by atoms with Crippen LogP contribution < -0.4 is 0 Å². The molecule has 1 heterocycles. The highest BCUT2D eigenvalue weighted by Gasteiger charge is 2.16. The van der Waals surface area contributed by atoms with E-state index in [-0.39, 0.29) is 0 Å². The fraction of sp³-hybridized carbons (Fsp3) is 0.364. The molecule has 2 nitrogen and oxygen atoms in total. The van der Waals surface area contributed by atoms with Crippen LogP contribution in [0.3, 0.4) is 0 Å². The Labute approximate surface area is 210 Å². The van der Waals surface area contributed by atoms with Crippen LogP contribution in [0.15, 0.2) is 78.9 Å². The Morgan fingerprint density at radius 2 is 1.20 bits per heavy atom. The van der Waals surface area contributed by atoms with Crippen molar-refractivity contribution in [2.45, 2.75) is 77.7 Å². The van der Waals surface area contributed by atoms with Crippen molar-refractivity contribution in [3.63, 3.8) is 0 Å². The molecule has 180 valence electrons. The summed E-state index contributed by atoms with van der Waals surface area (Å²) < 4.78 is 2.47. The maximum atomic E-state index is 5.17. The summed E-state index contributed by atoms with van der Waals surface area (Å²) in [6.45, 7) is 3.31.